The van der Waals surface area contributed by atoms with Crippen molar-refractivity contribution in [3.8, 4) is 11.5 Å². The summed E-state index contributed by atoms with van der Waals surface area (Å²) >= 11 is 0. The van der Waals surface area contributed by atoms with E-state index in [9.17, 15) is 10.3 Å². The van der Waals surface area contributed by atoms with Crippen LogP contribution in [0.1, 0.15) is 23.7 Å². The van der Waals surface area contributed by atoms with Gasteiger partial charge in [-0.3, -0.25) is 0 Å². The van der Waals surface area contributed by atoms with Crippen molar-refractivity contribution in [2.45, 2.75) is 31.3 Å². The Labute approximate surface area is 146 Å². The van der Waals surface area contributed by atoms with Gasteiger partial charge >= 0.3 is 0 Å². The Morgan fingerprint density at radius 2 is 1.92 bits per heavy atom. The van der Waals surface area contributed by atoms with Gasteiger partial charge in [0.1, 0.15) is 0 Å². The smallest absolute Gasteiger partial charge is 0.231 e. The predicted octanol–water partition coefficient (Wildman–Crippen LogP) is 2.50. The summed E-state index contributed by atoms with van der Waals surface area (Å²) in [7, 11) is 0. The molecule has 0 aromatic heterocycles. The van der Waals surface area contributed by atoms with Crippen LogP contribution in [0.3, 0.4) is 0 Å². The third-order valence-corrected chi connectivity index (χ3v) is 4.74. The van der Waals surface area contributed by atoms with Crippen molar-refractivity contribution in [1.82, 2.24) is 5.06 Å². The van der Waals surface area contributed by atoms with Gasteiger partial charge in [0.25, 0.3) is 0 Å². The molecule has 0 amide bonds. The molecule has 0 radical (unpaired) electrons. The van der Waals surface area contributed by atoms with Gasteiger partial charge in [0, 0.05) is 6.54 Å². The Kier molecular flexibility index (Phi) is 4.59. The minimum Gasteiger partial charge on any atom is -0.454 e. The van der Waals surface area contributed by atoms with Crippen LogP contribution in [0.15, 0.2) is 48.5 Å². The van der Waals surface area contributed by atoms with Crippen LogP contribution < -0.4 is 9.47 Å². The summed E-state index contributed by atoms with van der Waals surface area (Å²) in [6.07, 6.45) is -0.483. The lowest BCUT2D eigenvalue weighted by Crippen LogP contribution is -2.39. The van der Waals surface area contributed by atoms with Gasteiger partial charge in [0.15, 0.2) is 11.5 Å². The molecule has 2 aliphatic rings. The van der Waals surface area contributed by atoms with Gasteiger partial charge in [-0.25, -0.2) is 0 Å². The van der Waals surface area contributed by atoms with Gasteiger partial charge in [-0.1, -0.05) is 36.4 Å². The molecule has 2 aromatic rings. The molecule has 4 rings (SSSR count). The summed E-state index contributed by atoms with van der Waals surface area (Å²) in [4.78, 5) is 0. The van der Waals surface area contributed by atoms with Crippen molar-refractivity contribution in [2.24, 2.45) is 0 Å². The third-order valence-electron chi connectivity index (χ3n) is 4.74. The van der Waals surface area contributed by atoms with E-state index < -0.39 is 12.1 Å². The van der Waals surface area contributed by atoms with Gasteiger partial charge in [0.2, 0.25) is 6.79 Å². The third kappa shape index (κ3) is 3.34. The number of rotatable bonds is 5. The molecule has 2 aliphatic heterocycles. The van der Waals surface area contributed by atoms with Crippen molar-refractivity contribution in [3.63, 3.8) is 0 Å². The van der Waals surface area contributed by atoms with Crippen LogP contribution in [0, 0.1) is 0 Å². The number of ether oxygens (including phenoxy) is 3. The molecule has 132 valence electrons. The first-order valence-electron chi connectivity index (χ1n) is 8.41. The van der Waals surface area contributed by atoms with Crippen molar-refractivity contribution in [3.05, 3.63) is 59.7 Å². The SMILES string of the molecule is OC(c1ccc2c(c1)OCO2)[C@@H]1[C@@H](OCc2ccccc2)CCN1O. The zero-order chi connectivity index (χ0) is 17.2. The standard InChI is InChI=1S/C19H21NO5/c21-19(14-6-7-15-17(10-14)25-12-24-15)18-16(8-9-20(18)22)23-11-13-4-2-1-3-5-13/h1-7,10,16,18-19,21-22H,8-9,11-12H2/t16-,18-,19?/m0/s1. The maximum absolute atomic E-state index is 10.8. The Hall–Kier alpha value is -2.12. The summed E-state index contributed by atoms with van der Waals surface area (Å²) in [5.41, 5.74) is 1.73. The number of aliphatic hydroxyl groups is 1. The number of aliphatic hydroxyl groups excluding tert-OH is 1. The molecule has 6 heteroatoms. The first-order chi connectivity index (χ1) is 12.2. The van der Waals surface area contributed by atoms with E-state index >= 15 is 0 Å². The van der Waals surface area contributed by atoms with E-state index in [0.717, 1.165) is 5.56 Å². The predicted molar refractivity (Wildman–Crippen MR) is 89.4 cm³/mol. The molecular formula is C19H21NO5. The van der Waals surface area contributed by atoms with Crippen LogP contribution in [-0.2, 0) is 11.3 Å². The van der Waals surface area contributed by atoms with Crippen LogP contribution in [0.4, 0.5) is 0 Å². The maximum atomic E-state index is 10.8. The summed E-state index contributed by atoms with van der Waals surface area (Å²) in [6, 6.07) is 14.7. The summed E-state index contributed by atoms with van der Waals surface area (Å²) in [5.74, 6) is 1.28. The largest absolute Gasteiger partial charge is 0.454 e. The summed E-state index contributed by atoms with van der Waals surface area (Å²) in [6.45, 7) is 1.10. The van der Waals surface area contributed by atoms with Crippen LogP contribution >= 0.6 is 0 Å². The topological polar surface area (TPSA) is 71.4 Å². The molecule has 0 bridgehead atoms. The zero-order valence-electron chi connectivity index (χ0n) is 13.7. The Bertz CT molecular complexity index is 723. The molecule has 1 unspecified atom stereocenters. The number of nitrogens with zero attached hydrogens (tertiary/aromatic N) is 1. The monoisotopic (exact) mass is 343 g/mol. The second-order valence-corrected chi connectivity index (χ2v) is 6.33. The first-order valence-corrected chi connectivity index (χ1v) is 8.41. The van der Waals surface area contributed by atoms with Crippen molar-refractivity contribution in [1.29, 1.82) is 0 Å². The molecule has 6 nitrogen and oxygen atoms in total. The van der Waals surface area contributed by atoms with Crippen LogP contribution in [0.2, 0.25) is 0 Å². The number of benzene rings is 2. The molecule has 0 aliphatic carbocycles. The Morgan fingerprint density at radius 3 is 2.76 bits per heavy atom. The van der Waals surface area contributed by atoms with E-state index in [0.29, 0.717) is 36.6 Å². The molecule has 3 atom stereocenters. The van der Waals surface area contributed by atoms with E-state index in [2.05, 4.69) is 0 Å². The van der Waals surface area contributed by atoms with Crippen molar-refractivity contribution in [2.75, 3.05) is 13.3 Å². The highest BCUT2D eigenvalue weighted by Crippen LogP contribution is 2.37. The van der Waals surface area contributed by atoms with E-state index in [1.807, 2.05) is 30.3 Å². The molecule has 2 N–H and O–H groups in total. The first kappa shape index (κ1) is 16.4. The minimum atomic E-state index is -0.886. The molecule has 0 saturated carbocycles. The van der Waals surface area contributed by atoms with Gasteiger partial charge < -0.3 is 24.5 Å². The Morgan fingerprint density at radius 1 is 1.12 bits per heavy atom. The highest BCUT2D eigenvalue weighted by Gasteiger charge is 2.40. The molecule has 0 spiro atoms. The number of hydrogen-bond acceptors (Lipinski definition) is 6. The molecular weight excluding hydrogens is 322 g/mol. The van der Waals surface area contributed by atoms with E-state index in [1.165, 1.54) is 5.06 Å². The number of fused-ring (bicyclic) bond motifs is 1. The second kappa shape index (κ2) is 7.01. The van der Waals surface area contributed by atoms with Gasteiger partial charge in [-0.05, 0) is 29.7 Å². The number of hydrogen-bond donors (Lipinski definition) is 2. The minimum absolute atomic E-state index is 0.188. The normalized spacial score (nSPS) is 23.8. The quantitative estimate of drug-likeness (QED) is 0.869. The molecule has 25 heavy (non-hydrogen) atoms. The summed E-state index contributed by atoms with van der Waals surface area (Å²) < 4.78 is 16.7. The van der Waals surface area contributed by atoms with E-state index in [1.54, 1.807) is 18.2 Å². The summed E-state index contributed by atoms with van der Waals surface area (Å²) in [5, 5.41) is 22.2. The fourth-order valence-electron chi connectivity index (χ4n) is 3.39. The lowest BCUT2D eigenvalue weighted by Gasteiger charge is -2.28. The Balaban J connectivity index is 1.48. The molecule has 1 saturated heterocycles. The lowest BCUT2D eigenvalue weighted by molar-refractivity contribution is -0.156. The van der Waals surface area contributed by atoms with Crippen molar-refractivity contribution < 1.29 is 24.5 Å². The highest BCUT2D eigenvalue weighted by molar-refractivity contribution is 5.45. The van der Waals surface area contributed by atoms with Gasteiger partial charge in [-0.2, -0.15) is 5.06 Å². The van der Waals surface area contributed by atoms with Crippen LogP contribution in [0.5, 0.6) is 11.5 Å². The second-order valence-electron chi connectivity index (χ2n) is 6.33. The molecule has 2 aromatic carbocycles. The van der Waals surface area contributed by atoms with Gasteiger partial charge in [0.05, 0.1) is 24.9 Å². The lowest BCUT2D eigenvalue weighted by atomic mass is 9.98. The van der Waals surface area contributed by atoms with E-state index in [-0.39, 0.29) is 12.9 Å². The average Bonchev–Trinajstić information content (AvgIpc) is 3.26. The van der Waals surface area contributed by atoms with E-state index in [4.69, 9.17) is 14.2 Å². The maximum Gasteiger partial charge on any atom is 0.231 e. The molecule has 1 fully saturated rings. The van der Waals surface area contributed by atoms with Crippen LogP contribution in [-0.4, -0.2) is 40.9 Å². The fourth-order valence-corrected chi connectivity index (χ4v) is 3.39. The van der Waals surface area contributed by atoms with Gasteiger partial charge in [-0.15, -0.1) is 0 Å². The fraction of sp³-hybridized carbons (Fsp3) is 0.368. The molecule has 2 heterocycles. The average molecular weight is 343 g/mol. The van der Waals surface area contributed by atoms with Crippen LogP contribution in [0.25, 0.3) is 0 Å². The zero-order valence-corrected chi connectivity index (χ0v) is 13.7. The van der Waals surface area contributed by atoms with Crippen molar-refractivity contribution >= 4 is 0 Å². The number of hydroxylamine groups is 2. The highest BCUT2D eigenvalue weighted by atomic mass is 16.7.